The van der Waals surface area contributed by atoms with E-state index in [2.05, 4.69) is 30.5 Å². The van der Waals surface area contributed by atoms with Gasteiger partial charge in [-0.05, 0) is 24.9 Å². The molecule has 0 aliphatic carbocycles. The molecule has 2 rings (SSSR count). The molecule has 2 heterocycles. The molecule has 0 spiro atoms. The zero-order valence-corrected chi connectivity index (χ0v) is 10.7. The normalized spacial score (nSPS) is 10.6. The van der Waals surface area contributed by atoms with Crippen molar-refractivity contribution >= 4 is 23.1 Å². The molecule has 0 atom stereocenters. The zero-order chi connectivity index (χ0) is 13.0. The smallest absolute Gasteiger partial charge is 0.224 e. The number of nitrogens with two attached hydrogens (primary N) is 1. The summed E-state index contributed by atoms with van der Waals surface area (Å²) in [4.78, 5) is 12.1. The van der Waals surface area contributed by atoms with Gasteiger partial charge in [-0.1, -0.05) is 0 Å². The van der Waals surface area contributed by atoms with Crippen LogP contribution in [-0.2, 0) is 6.42 Å². The van der Waals surface area contributed by atoms with E-state index in [-0.39, 0.29) is 5.28 Å². The van der Waals surface area contributed by atoms with Crippen LogP contribution in [0.4, 0.5) is 11.5 Å². The molecule has 2 aromatic rings. The summed E-state index contributed by atoms with van der Waals surface area (Å²) in [6.45, 7) is 2.51. The molecule has 0 fully saturated rings. The highest BCUT2D eigenvalue weighted by atomic mass is 35.5. The van der Waals surface area contributed by atoms with Crippen LogP contribution in [0, 0.1) is 6.92 Å². The minimum Gasteiger partial charge on any atom is -0.394 e. The first kappa shape index (κ1) is 12.6. The number of aryl methyl sites for hydroxylation is 2. The molecule has 0 bridgehead atoms. The highest BCUT2D eigenvalue weighted by Crippen LogP contribution is 2.20. The van der Waals surface area contributed by atoms with Crippen molar-refractivity contribution in [1.29, 1.82) is 0 Å². The molecule has 2 aromatic heterocycles. The quantitative estimate of drug-likeness (QED) is 0.555. The molecule has 0 amide bonds. The Morgan fingerprint density at radius 2 is 2.28 bits per heavy atom. The Kier molecular flexibility index (Phi) is 3.93. The Bertz CT molecular complexity index is 511. The van der Waals surface area contributed by atoms with E-state index in [9.17, 15) is 0 Å². The maximum Gasteiger partial charge on any atom is 0.224 e. The van der Waals surface area contributed by atoms with Crippen molar-refractivity contribution in [3.8, 4) is 0 Å². The number of anilines is 2. The van der Waals surface area contributed by atoms with E-state index in [1.54, 1.807) is 6.92 Å². The van der Waals surface area contributed by atoms with Gasteiger partial charge in [-0.25, -0.2) is 9.97 Å². The zero-order valence-electron chi connectivity index (χ0n) is 9.94. The van der Waals surface area contributed by atoms with Crippen LogP contribution in [0.25, 0.3) is 0 Å². The van der Waals surface area contributed by atoms with Crippen LogP contribution < -0.4 is 11.1 Å². The predicted octanol–water partition coefficient (Wildman–Crippen LogP) is 1.18. The molecule has 0 radical (unpaired) electrons. The average molecular weight is 268 g/mol. The monoisotopic (exact) mass is 267 g/mol. The number of H-pyrrole nitrogens is 1. The Morgan fingerprint density at radius 1 is 1.44 bits per heavy atom. The average Bonchev–Trinajstić information content (AvgIpc) is 2.83. The van der Waals surface area contributed by atoms with Gasteiger partial charge in [0.2, 0.25) is 5.28 Å². The van der Waals surface area contributed by atoms with Gasteiger partial charge in [0.1, 0.15) is 12.2 Å². The van der Waals surface area contributed by atoms with Crippen LogP contribution in [0.2, 0.25) is 5.28 Å². The van der Waals surface area contributed by atoms with Crippen molar-refractivity contribution in [2.24, 2.45) is 0 Å². The van der Waals surface area contributed by atoms with E-state index in [4.69, 9.17) is 17.3 Å². The Labute approximate surface area is 109 Å². The van der Waals surface area contributed by atoms with E-state index in [0.29, 0.717) is 17.2 Å². The van der Waals surface area contributed by atoms with Gasteiger partial charge in [0.05, 0.1) is 11.4 Å². The van der Waals surface area contributed by atoms with Crippen LogP contribution in [-0.4, -0.2) is 31.7 Å². The molecule has 8 heteroatoms. The molecule has 96 valence electrons. The van der Waals surface area contributed by atoms with Gasteiger partial charge in [-0.15, -0.1) is 0 Å². The second-order valence-corrected chi connectivity index (χ2v) is 4.14. The lowest BCUT2D eigenvalue weighted by molar-refractivity contribution is 0.803. The van der Waals surface area contributed by atoms with Crippen LogP contribution in [0.5, 0.6) is 0 Å². The van der Waals surface area contributed by atoms with Crippen molar-refractivity contribution < 1.29 is 0 Å². The Balaban J connectivity index is 1.86. The first-order valence-corrected chi connectivity index (χ1v) is 5.92. The summed E-state index contributed by atoms with van der Waals surface area (Å²) in [6.07, 6.45) is 3.19. The fourth-order valence-corrected chi connectivity index (χ4v) is 1.71. The van der Waals surface area contributed by atoms with Crippen molar-refractivity contribution in [3.05, 3.63) is 23.1 Å². The molecule has 0 aromatic carbocycles. The minimum atomic E-state index is 0.194. The van der Waals surface area contributed by atoms with Gasteiger partial charge in [0, 0.05) is 13.0 Å². The van der Waals surface area contributed by atoms with Gasteiger partial charge in [-0.2, -0.15) is 10.1 Å². The number of aromatic nitrogens is 5. The van der Waals surface area contributed by atoms with Crippen LogP contribution in [0.3, 0.4) is 0 Å². The van der Waals surface area contributed by atoms with E-state index in [1.165, 1.54) is 6.33 Å². The molecule has 4 N–H and O–H groups in total. The number of halogens is 1. The summed E-state index contributed by atoms with van der Waals surface area (Å²) in [5.74, 6) is 1.44. The molecular weight excluding hydrogens is 254 g/mol. The number of nitrogen functional groups attached to an aromatic ring is 1. The minimum absolute atomic E-state index is 0.194. The fraction of sp³-hybridized carbons (Fsp3) is 0.400. The highest BCUT2D eigenvalue weighted by molar-refractivity contribution is 6.28. The van der Waals surface area contributed by atoms with Crippen molar-refractivity contribution in [1.82, 2.24) is 25.1 Å². The summed E-state index contributed by atoms with van der Waals surface area (Å²) in [7, 11) is 0. The molecular formula is C10H14ClN7. The summed E-state index contributed by atoms with van der Waals surface area (Å²) >= 11 is 5.78. The van der Waals surface area contributed by atoms with Gasteiger partial charge in [-0.3, -0.25) is 5.10 Å². The Morgan fingerprint density at radius 3 is 3.00 bits per heavy atom. The molecule has 0 saturated carbocycles. The lowest BCUT2D eigenvalue weighted by atomic mass is 10.3. The van der Waals surface area contributed by atoms with Gasteiger partial charge >= 0.3 is 0 Å². The Hall–Kier alpha value is -1.89. The third-order valence-corrected chi connectivity index (χ3v) is 2.63. The molecule has 0 aliphatic heterocycles. The number of nitrogens with zero attached hydrogens (tertiary/aromatic N) is 4. The third-order valence-electron chi connectivity index (χ3n) is 2.46. The summed E-state index contributed by atoms with van der Waals surface area (Å²) in [5.41, 5.74) is 7.05. The van der Waals surface area contributed by atoms with Crippen LogP contribution >= 0.6 is 11.6 Å². The summed E-state index contributed by atoms with van der Waals surface area (Å²) < 4.78 is 0. The van der Waals surface area contributed by atoms with E-state index in [0.717, 1.165) is 25.2 Å². The highest BCUT2D eigenvalue weighted by Gasteiger charge is 2.07. The molecule has 0 saturated heterocycles. The third kappa shape index (κ3) is 3.07. The standard InChI is InChI=1S/C10H14ClN7/c1-6-8(12)9(17-10(11)16-6)13-4-2-3-7-14-5-15-18-7/h5H,2-4,12H2,1H3,(H,13,16,17)(H,14,15,18). The SMILES string of the molecule is Cc1nc(Cl)nc(NCCCc2ncn[nH]2)c1N. The van der Waals surface area contributed by atoms with Gasteiger partial charge in [0.25, 0.3) is 0 Å². The van der Waals surface area contributed by atoms with Crippen LogP contribution in [0.15, 0.2) is 6.33 Å². The second-order valence-electron chi connectivity index (χ2n) is 3.80. The van der Waals surface area contributed by atoms with Crippen molar-refractivity contribution in [2.45, 2.75) is 19.8 Å². The first-order chi connectivity index (χ1) is 8.66. The largest absolute Gasteiger partial charge is 0.394 e. The number of hydrogen-bond donors (Lipinski definition) is 3. The lowest BCUT2D eigenvalue weighted by Gasteiger charge is -2.09. The van der Waals surface area contributed by atoms with Crippen molar-refractivity contribution in [3.63, 3.8) is 0 Å². The number of hydrogen-bond acceptors (Lipinski definition) is 6. The summed E-state index contributed by atoms with van der Waals surface area (Å²) in [6, 6.07) is 0. The number of rotatable bonds is 5. The molecule has 0 unspecified atom stereocenters. The van der Waals surface area contributed by atoms with E-state index < -0.39 is 0 Å². The first-order valence-electron chi connectivity index (χ1n) is 5.54. The maximum absolute atomic E-state index is 5.85. The number of aromatic amines is 1. The lowest BCUT2D eigenvalue weighted by Crippen LogP contribution is -2.09. The molecule has 7 nitrogen and oxygen atoms in total. The fourth-order valence-electron chi connectivity index (χ4n) is 1.50. The van der Waals surface area contributed by atoms with Crippen LogP contribution in [0.1, 0.15) is 17.9 Å². The van der Waals surface area contributed by atoms with E-state index in [1.807, 2.05) is 0 Å². The van der Waals surface area contributed by atoms with Gasteiger partial charge < -0.3 is 11.1 Å². The molecule has 18 heavy (non-hydrogen) atoms. The van der Waals surface area contributed by atoms with Crippen molar-refractivity contribution in [2.75, 3.05) is 17.6 Å². The number of nitrogens with one attached hydrogen (secondary N) is 2. The second kappa shape index (κ2) is 5.63. The van der Waals surface area contributed by atoms with Gasteiger partial charge in [0.15, 0.2) is 5.82 Å². The predicted molar refractivity (Wildman–Crippen MR) is 69.4 cm³/mol. The molecule has 0 aliphatic rings. The topological polar surface area (TPSA) is 105 Å². The van der Waals surface area contributed by atoms with E-state index >= 15 is 0 Å². The maximum atomic E-state index is 5.85. The summed E-state index contributed by atoms with van der Waals surface area (Å²) in [5, 5.41) is 9.92.